The molecule has 14 heavy (non-hydrogen) atoms. The summed E-state index contributed by atoms with van der Waals surface area (Å²) < 4.78 is 10.8. The fourth-order valence-corrected chi connectivity index (χ4v) is 1.88. The molecule has 1 unspecified atom stereocenters. The van der Waals surface area contributed by atoms with Crippen LogP contribution in [0, 0.1) is 0 Å². The molecule has 4 heteroatoms. The lowest BCUT2D eigenvalue weighted by atomic mass is 10.0. The molecule has 0 amide bonds. The van der Waals surface area contributed by atoms with Gasteiger partial charge in [0.2, 0.25) is 0 Å². The first kappa shape index (κ1) is 9.55. The summed E-state index contributed by atoms with van der Waals surface area (Å²) in [5.41, 5.74) is 8.07. The summed E-state index contributed by atoms with van der Waals surface area (Å²) in [6, 6.07) is 3.71. The third-order valence-electron chi connectivity index (χ3n) is 2.08. The van der Waals surface area contributed by atoms with E-state index >= 15 is 0 Å². The molecule has 0 bridgehead atoms. The zero-order valence-corrected chi connectivity index (χ0v) is 9.03. The second-order valence-electron chi connectivity index (χ2n) is 3.09. The number of hydrogen-bond donors (Lipinski definition) is 1. The predicted molar refractivity (Wildman–Crippen MR) is 55.7 cm³/mol. The molecular weight excluding hydrogens is 246 g/mol. The highest BCUT2D eigenvalue weighted by atomic mass is 79.9. The molecule has 2 aromatic rings. The molecule has 0 saturated heterocycles. The van der Waals surface area contributed by atoms with E-state index in [1.807, 2.05) is 12.1 Å². The van der Waals surface area contributed by atoms with E-state index < -0.39 is 0 Å². The third kappa shape index (κ3) is 1.91. The van der Waals surface area contributed by atoms with Crippen molar-refractivity contribution in [2.75, 3.05) is 0 Å². The molecule has 0 aliphatic carbocycles. The Bertz CT molecular complexity index is 394. The van der Waals surface area contributed by atoms with E-state index in [0.29, 0.717) is 4.67 Å². The Labute approximate surface area is 90.0 Å². The van der Waals surface area contributed by atoms with E-state index in [0.717, 1.165) is 17.5 Å². The van der Waals surface area contributed by atoms with Crippen LogP contribution in [0.1, 0.15) is 17.2 Å². The topological polar surface area (TPSA) is 52.3 Å². The Morgan fingerprint density at radius 2 is 2.21 bits per heavy atom. The number of hydrogen-bond acceptors (Lipinski definition) is 3. The van der Waals surface area contributed by atoms with Crippen LogP contribution in [0.15, 0.2) is 44.4 Å². The monoisotopic (exact) mass is 255 g/mol. The van der Waals surface area contributed by atoms with Crippen LogP contribution in [0.3, 0.4) is 0 Å². The van der Waals surface area contributed by atoms with Crippen molar-refractivity contribution in [2.45, 2.75) is 12.5 Å². The van der Waals surface area contributed by atoms with Crippen molar-refractivity contribution in [2.24, 2.45) is 5.73 Å². The van der Waals surface area contributed by atoms with Crippen LogP contribution in [-0.2, 0) is 6.42 Å². The van der Waals surface area contributed by atoms with Gasteiger partial charge in [0.05, 0.1) is 18.8 Å². The van der Waals surface area contributed by atoms with Crippen LogP contribution < -0.4 is 5.73 Å². The molecule has 0 radical (unpaired) electrons. The number of rotatable bonds is 3. The molecule has 0 aliphatic heterocycles. The van der Waals surface area contributed by atoms with Crippen LogP contribution in [-0.4, -0.2) is 0 Å². The molecule has 2 aromatic heterocycles. The van der Waals surface area contributed by atoms with E-state index in [4.69, 9.17) is 14.6 Å². The summed E-state index contributed by atoms with van der Waals surface area (Å²) >= 11 is 3.30. The van der Waals surface area contributed by atoms with Crippen molar-refractivity contribution in [3.05, 3.63) is 46.7 Å². The molecule has 2 heterocycles. The summed E-state index contributed by atoms with van der Waals surface area (Å²) in [7, 11) is 0. The minimum absolute atomic E-state index is 0.0688. The smallest absolute Gasteiger partial charge is 0.173 e. The van der Waals surface area contributed by atoms with E-state index in [-0.39, 0.29) is 6.04 Å². The first-order valence-electron chi connectivity index (χ1n) is 4.27. The predicted octanol–water partition coefficient (Wildman–Crippen LogP) is 2.88. The van der Waals surface area contributed by atoms with Gasteiger partial charge in [0, 0.05) is 11.6 Å². The Kier molecular flexibility index (Phi) is 2.74. The van der Waals surface area contributed by atoms with Crippen molar-refractivity contribution in [1.82, 2.24) is 0 Å². The van der Waals surface area contributed by atoms with Crippen molar-refractivity contribution in [3.8, 4) is 0 Å². The van der Waals surface area contributed by atoms with Gasteiger partial charge in [-0.1, -0.05) is 0 Å². The molecule has 2 rings (SSSR count). The fourth-order valence-electron chi connectivity index (χ4n) is 1.34. The molecule has 0 fully saturated rings. The summed E-state index contributed by atoms with van der Waals surface area (Å²) in [5.74, 6) is 0. The molecule has 0 aliphatic rings. The zero-order chi connectivity index (χ0) is 9.97. The van der Waals surface area contributed by atoms with Gasteiger partial charge in [0.25, 0.3) is 0 Å². The first-order valence-corrected chi connectivity index (χ1v) is 5.06. The quantitative estimate of drug-likeness (QED) is 0.918. The summed E-state index contributed by atoms with van der Waals surface area (Å²) in [5, 5.41) is 0. The molecule has 2 N–H and O–H groups in total. The maximum absolute atomic E-state index is 6.00. The lowest BCUT2D eigenvalue weighted by molar-refractivity contribution is 0.529. The van der Waals surface area contributed by atoms with Gasteiger partial charge >= 0.3 is 0 Å². The van der Waals surface area contributed by atoms with Gasteiger partial charge in [-0.2, -0.15) is 0 Å². The lowest BCUT2D eigenvalue weighted by Crippen LogP contribution is -2.12. The van der Waals surface area contributed by atoms with Gasteiger partial charge in [-0.25, -0.2) is 0 Å². The maximum atomic E-state index is 6.00. The van der Waals surface area contributed by atoms with Gasteiger partial charge in [-0.3, -0.25) is 0 Å². The van der Waals surface area contributed by atoms with E-state index in [2.05, 4.69) is 15.9 Å². The Morgan fingerprint density at radius 1 is 1.36 bits per heavy atom. The molecule has 74 valence electrons. The van der Waals surface area contributed by atoms with Crippen LogP contribution in [0.2, 0.25) is 0 Å². The molecular formula is C10H10BrNO2. The fraction of sp³-hybridized carbons (Fsp3) is 0.200. The standard InChI is InChI=1S/C10H10BrNO2/c11-10-8(2-4-14-10)9(12)5-7-1-3-13-6-7/h1-4,6,9H,5,12H2. The second-order valence-corrected chi connectivity index (χ2v) is 3.81. The minimum atomic E-state index is -0.0688. The highest BCUT2D eigenvalue weighted by molar-refractivity contribution is 9.10. The van der Waals surface area contributed by atoms with Gasteiger partial charge in [-0.15, -0.1) is 0 Å². The maximum Gasteiger partial charge on any atom is 0.173 e. The van der Waals surface area contributed by atoms with Crippen molar-refractivity contribution >= 4 is 15.9 Å². The van der Waals surface area contributed by atoms with Crippen LogP contribution in [0.4, 0.5) is 0 Å². The third-order valence-corrected chi connectivity index (χ3v) is 2.73. The van der Waals surface area contributed by atoms with E-state index in [1.54, 1.807) is 18.8 Å². The average Bonchev–Trinajstić information content (AvgIpc) is 2.75. The van der Waals surface area contributed by atoms with Gasteiger partial charge < -0.3 is 14.6 Å². The Hall–Kier alpha value is -1.00. The molecule has 1 atom stereocenters. The van der Waals surface area contributed by atoms with Gasteiger partial charge in [0.1, 0.15) is 0 Å². The minimum Gasteiger partial charge on any atom is -0.472 e. The second kappa shape index (κ2) is 4.02. The number of halogens is 1. The van der Waals surface area contributed by atoms with E-state index in [1.165, 1.54) is 0 Å². The van der Waals surface area contributed by atoms with Crippen molar-refractivity contribution in [1.29, 1.82) is 0 Å². The van der Waals surface area contributed by atoms with E-state index in [9.17, 15) is 0 Å². The summed E-state index contributed by atoms with van der Waals surface area (Å²) in [6.45, 7) is 0. The van der Waals surface area contributed by atoms with Crippen molar-refractivity contribution in [3.63, 3.8) is 0 Å². The van der Waals surface area contributed by atoms with Crippen molar-refractivity contribution < 1.29 is 8.83 Å². The first-order chi connectivity index (χ1) is 6.77. The molecule has 0 spiro atoms. The molecule has 0 saturated carbocycles. The number of nitrogens with two attached hydrogens (primary N) is 1. The summed E-state index contributed by atoms with van der Waals surface area (Å²) in [4.78, 5) is 0. The Morgan fingerprint density at radius 3 is 2.79 bits per heavy atom. The largest absolute Gasteiger partial charge is 0.472 e. The average molecular weight is 256 g/mol. The zero-order valence-electron chi connectivity index (χ0n) is 7.44. The SMILES string of the molecule is NC(Cc1ccoc1)c1ccoc1Br. The van der Waals surface area contributed by atoms with Crippen LogP contribution >= 0.6 is 15.9 Å². The molecule has 3 nitrogen and oxygen atoms in total. The highest BCUT2D eigenvalue weighted by Gasteiger charge is 2.13. The summed E-state index contributed by atoms with van der Waals surface area (Å²) in [6.07, 6.45) is 5.71. The Balaban J connectivity index is 2.10. The highest BCUT2D eigenvalue weighted by Crippen LogP contribution is 2.25. The molecule has 0 aromatic carbocycles. The number of furan rings is 2. The lowest BCUT2D eigenvalue weighted by Gasteiger charge is -2.07. The van der Waals surface area contributed by atoms with Gasteiger partial charge in [-0.05, 0) is 40.0 Å². The normalized spacial score (nSPS) is 13.0. The van der Waals surface area contributed by atoms with Gasteiger partial charge in [0.15, 0.2) is 4.67 Å². The van der Waals surface area contributed by atoms with Crippen LogP contribution in [0.5, 0.6) is 0 Å². The van der Waals surface area contributed by atoms with Crippen LogP contribution in [0.25, 0.3) is 0 Å².